The molecule has 1 aliphatic rings. The molecule has 6 nitrogen and oxygen atoms in total. The maximum absolute atomic E-state index is 14.9. The standard InChI is InChI=1S/C20H15BrFN5O/c1-10-17-18(13-5-3-11(21)7-14(13)22)27(20(28)19(17)26(2)25-10)12-4-6-15-16(8-12)24-9-23-15/h3-9,18H,1-2H3,(H,23,24). The van der Waals surface area contributed by atoms with Gasteiger partial charge in [0, 0.05) is 28.3 Å². The lowest BCUT2D eigenvalue weighted by atomic mass is 9.98. The molecule has 0 bridgehead atoms. The molecule has 3 heterocycles. The van der Waals surface area contributed by atoms with Crippen LogP contribution >= 0.6 is 15.9 Å². The molecule has 0 radical (unpaired) electrons. The van der Waals surface area contributed by atoms with Crippen LogP contribution in [0.5, 0.6) is 0 Å². The third-order valence-electron chi connectivity index (χ3n) is 5.16. The molecule has 2 aromatic heterocycles. The highest BCUT2D eigenvalue weighted by Crippen LogP contribution is 2.44. The average Bonchev–Trinajstić information content (AvgIpc) is 3.30. The zero-order valence-electron chi connectivity index (χ0n) is 15.1. The van der Waals surface area contributed by atoms with E-state index in [9.17, 15) is 9.18 Å². The molecule has 1 amide bonds. The number of aromatic nitrogens is 4. The number of amides is 1. The number of fused-ring (bicyclic) bond motifs is 2. The molecule has 1 unspecified atom stereocenters. The second-order valence-electron chi connectivity index (χ2n) is 6.82. The minimum atomic E-state index is -0.593. The normalized spacial score (nSPS) is 16.2. The van der Waals surface area contributed by atoms with Crippen LogP contribution in [0.25, 0.3) is 11.0 Å². The third-order valence-corrected chi connectivity index (χ3v) is 5.65. The number of anilines is 1. The first-order valence-electron chi connectivity index (χ1n) is 8.71. The number of benzene rings is 2. The Bertz CT molecular complexity index is 1260. The highest BCUT2D eigenvalue weighted by molar-refractivity contribution is 9.10. The SMILES string of the molecule is Cc1nn(C)c2c1C(c1ccc(Br)cc1F)N(c1ccc3nc[nH]c3c1)C2=O. The monoisotopic (exact) mass is 439 g/mol. The van der Waals surface area contributed by atoms with Crippen LogP contribution in [0.4, 0.5) is 10.1 Å². The molecule has 0 saturated heterocycles. The van der Waals surface area contributed by atoms with Gasteiger partial charge < -0.3 is 4.98 Å². The molecule has 0 spiro atoms. The fourth-order valence-corrected chi connectivity index (χ4v) is 4.31. The summed E-state index contributed by atoms with van der Waals surface area (Å²) in [7, 11) is 1.74. The van der Waals surface area contributed by atoms with Gasteiger partial charge in [0.25, 0.3) is 5.91 Å². The van der Waals surface area contributed by atoms with Gasteiger partial charge in [-0.25, -0.2) is 9.37 Å². The Morgan fingerprint density at radius 1 is 1.21 bits per heavy atom. The highest BCUT2D eigenvalue weighted by Gasteiger charge is 2.44. The quantitative estimate of drug-likeness (QED) is 0.507. The van der Waals surface area contributed by atoms with Crippen molar-refractivity contribution >= 4 is 38.6 Å². The van der Waals surface area contributed by atoms with Crippen molar-refractivity contribution < 1.29 is 9.18 Å². The van der Waals surface area contributed by atoms with E-state index in [-0.39, 0.29) is 11.7 Å². The van der Waals surface area contributed by atoms with E-state index in [2.05, 4.69) is 31.0 Å². The van der Waals surface area contributed by atoms with Gasteiger partial charge in [-0.15, -0.1) is 0 Å². The Labute approximate surface area is 168 Å². The van der Waals surface area contributed by atoms with Crippen molar-refractivity contribution in [3.05, 3.63) is 75.5 Å². The molecule has 1 N–H and O–H groups in total. The van der Waals surface area contributed by atoms with E-state index in [1.54, 1.807) is 35.1 Å². The maximum Gasteiger partial charge on any atom is 0.277 e. The lowest BCUT2D eigenvalue weighted by molar-refractivity contribution is 0.0984. The lowest BCUT2D eigenvalue weighted by Gasteiger charge is -2.26. The van der Waals surface area contributed by atoms with E-state index in [4.69, 9.17) is 0 Å². The number of hydrogen-bond acceptors (Lipinski definition) is 3. The number of aryl methyl sites for hydroxylation is 2. The van der Waals surface area contributed by atoms with E-state index in [0.717, 1.165) is 16.6 Å². The van der Waals surface area contributed by atoms with Gasteiger partial charge in [0.05, 0.1) is 29.1 Å². The molecular weight excluding hydrogens is 425 g/mol. The number of hydrogen-bond donors (Lipinski definition) is 1. The van der Waals surface area contributed by atoms with E-state index in [1.165, 1.54) is 6.07 Å². The number of rotatable bonds is 2. The van der Waals surface area contributed by atoms with E-state index in [0.29, 0.717) is 27.1 Å². The van der Waals surface area contributed by atoms with Gasteiger partial charge in [0.1, 0.15) is 11.5 Å². The van der Waals surface area contributed by atoms with E-state index < -0.39 is 6.04 Å². The zero-order chi connectivity index (χ0) is 19.6. The van der Waals surface area contributed by atoms with E-state index >= 15 is 0 Å². The van der Waals surface area contributed by atoms with Gasteiger partial charge in [-0.1, -0.05) is 22.0 Å². The summed E-state index contributed by atoms with van der Waals surface area (Å²) in [6.07, 6.45) is 1.61. The number of aromatic amines is 1. The number of carbonyl (C=O) groups excluding carboxylic acids is 1. The summed E-state index contributed by atoms with van der Waals surface area (Å²) >= 11 is 3.30. The fraction of sp³-hybridized carbons (Fsp3) is 0.150. The predicted octanol–water partition coefficient (Wildman–Crippen LogP) is 4.26. The summed E-state index contributed by atoms with van der Waals surface area (Å²) in [6.45, 7) is 1.84. The summed E-state index contributed by atoms with van der Waals surface area (Å²) in [6, 6.07) is 9.85. The predicted molar refractivity (Wildman–Crippen MR) is 107 cm³/mol. The topological polar surface area (TPSA) is 66.8 Å². The van der Waals surface area contributed by atoms with Crippen molar-refractivity contribution in [3.63, 3.8) is 0 Å². The van der Waals surface area contributed by atoms with Gasteiger partial charge in [0.2, 0.25) is 0 Å². The number of nitrogens with zero attached hydrogens (tertiary/aromatic N) is 4. The molecule has 5 rings (SSSR count). The second kappa shape index (κ2) is 6.00. The molecule has 28 heavy (non-hydrogen) atoms. The van der Waals surface area contributed by atoms with Crippen LogP contribution in [0.15, 0.2) is 47.2 Å². The van der Waals surface area contributed by atoms with Gasteiger partial charge in [-0.2, -0.15) is 5.10 Å². The zero-order valence-corrected chi connectivity index (χ0v) is 16.7. The Hall–Kier alpha value is -3.00. The van der Waals surface area contributed by atoms with Gasteiger partial charge in [0.15, 0.2) is 0 Å². The number of halogens is 2. The van der Waals surface area contributed by atoms with Crippen molar-refractivity contribution in [3.8, 4) is 0 Å². The maximum atomic E-state index is 14.9. The van der Waals surface area contributed by atoms with Gasteiger partial charge in [-0.05, 0) is 37.3 Å². The molecule has 2 aromatic carbocycles. The van der Waals surface area contributed by atoms with E-state index in [1.807, 2.05) is 25.1 Å². The summed E-state index contributed by atoms with van der Waals surface area (Å²) in [5.41, 5.74) is 4.64. The fourth-order valence-electron chi connectivity index (χ4n) is 3.97. The molecular formula is C20H15BrFN5O. The second-order valence-corrected chi connectivity index (χ2v) is 7.73. The first-order chi connectivity index (χ1) is 13.5. The Kier molecular flexibility index (Phi) is 3.67. The average molecular weight is 440 g/mol. The summed E-state index contributed by atoms with van der Waals surface area (Å²) in [5.74, 6) is -0.583. The van der Waals surface area contributed by atoms with Crippen LogP contribution in [-0.2, 0) is 7.05 Å². The number of nitrogens with one attached hydrogen (secondary N) is 1. The van der Waals surface area contributed by atoms with Crippen LogP contribution in [0.2, 0.25) is 0 Å². The smallest absolute Gasteiger partial charge is 0.277 e. The van der Waals surface area contributed by atoms with Crippen LogP contribution in [0.1, 0.15) is 33.4 Å². The summed E-state index contributed by atoms with van der Waals surface area (Å²) in [4.78, 5) is 22.3. The molecule has 1 atom stereocenters. The van der Waals surface area contributed by atoms with Crippen molar-refractivity contribution in [1.29, 1.82) is 0 Å². The highest BCUT2D eigenvalue weighted by atomic mass is 79.9. The molecule has 0 aliphatic carbocycles. The molecule has 4 aromatic rings. The van der Waals surface area contributed by atoms with Crippen molar-refractivity contribution in [2.45, 2.75) is 13.0 Å². The van der Waals surface area contributed by atoms with Crippen molar-refractivity contribution in [1.82, 2.24) is 19.7 Å². The largest absolute Gasteiger partial charge is 0.345 e. The number of imidazole rings is 1. The summed E-state index contributed by atoms with van der Waals surface area (Å²) < 4.78 is 17.2. The van der Waals surface area contributed by atoms with Crippen molar-refractivity contribution in [2.24, 2.45) is 7.05 Å². The Morgan fingerprint density at radius 2 is 2.04 bits per heavy atom. The molecule has 8 heteroatoms. The van der Waals surface area contributed by atoms with Gasteiger partial charge >= 0.3 is 0 Å². The third kappa shape index (κ3) is 2.34. The molecule has 0 saturated carbocycles. The van der Waals surface area contributed by atoms with Crippen LogP contribution in [0, 0.1) is 12.7 Å². The van der Waals surface area contributed by atoms with Crippen LogP contribution in [-0.4, -0.2) is 25.7 Å². The molecule has 0 fully saturated rings. The number of carbonyl (C=O) groups is 1. The van der Waals surface area contributed by atoms with Crippen LogP contribution in [0.3, 0.4) is 0 Å². The van der Waals surface area contributed by atoms with Crippen LogP contribution < -0.4 is 4.90 Å². The Balaban J connectivity index is 1.76. The Morgan fingerprint density at radius 3 is 2.82 bits per heavy atom. The van der Waals surface area contributed by atoms with Gasteiger partial charge in [-0.3, -0.25) is 14.4 Å². The lowest BCUT2D eigenvalue weighted by Crippen LogP contribution is -2.30. The minimum Gasteiger partial charge on any atom is -0.345 e. The molecule has 140 valence electrons. The minimum absolute atomic E-state index is 0.204. The molecule has 1 aliphatic heterocycles. The first-order valence-corrected chi connectivity index (χ1v) is 9.50. The first kappa shape index (κ1) is 17.1. The number of H-pyrrole nitrogens is 1. The summed E-state index contributed by atoms with van der Waals surface area (Å²) in [5, 5.41) is 4.40. The van der Waals surface area contributed by atoms with Crippen molar-refractivity contribution in [2.75, 3.05) is 4.90 Å².